The van der Waals surface area contributed by atoms with Gasteiger partial charge in [-0.15, -0.1) is 6.58 Å². The van der Waals surface area contributed by atoms with Gasteiger partial charge in [0.1, 0.15) is 0 Å². The topological polar surface area (TPSA) is 0 Å². The first kappa shape index (κ1) is 11.5. The van der Waals surface area contributed by atoms with Crippen LogP contribution in [0, 0.1) is 0 Å². The molecule has 2 aromatic carbocycles. The normalized spacial score (nSPS) is 9.43. The van der Waals surface area contributed by atoms with E-state index in [-0.39, 0.29) is 29.6 Å². The summed E-state index contributed by atoms with van der Waals surface area (Å²) in [7, 11) is 0. The Morgan fingerprint density at radius 3 is 2.50 bits per heavy atom. The number of benzene rings is 2. The maximum absolute atomic E-state index is 3.76. The summed E-state index contributed by atoms with van der Waals surface area (Å²) < 4.78 is 0. The van der Waals surface area contributed by atoms with E-state index < -0.39 is 0 Å². The summed E-state index contributed by atoms with van der Waals surface area (Å²) >= 11 is 0. The average Bonchev–Trinajstić information content (AvgIpc) is 2.19. The summed E-state index contributed by atoms with van der Waals surface area (Å²) in [6.45, 7) is 3.76. The first-order chi connectivity index (χ1) is 6.42. The first-order valence-corrected chi connectivity index (χ1v) is 4.49. The van der Waals surface area contributed by atoms with Crippen LogP contribution < -0.4 is 0 Å². The second-order valence-electron chi connectivity index (χ2n) is 3.13. The zero-order chi connectivity index (χ0) is 9.10. The Labute approximate surface area is 107 Å². The van der Waals surface area contributed by atoms with Crippen molar-refractivity contribution in [1.82, 2.24) is 0 Å². The summed E-state index contributed by atoms with van der Waals surface area (Å²) in [6.07, 6.45) is 2.89. The van der Waals surface area contributed by atoms with Gasteiger partial charge in [0.05, 0.1) is 0 Å². The first-order valence-electron chi connectivity index (χ1n) is 4.49. The van der Waals surface area contributed by atoms with Crippen molar-refractivity contribution in [1.29, 1.82) is 0 Å². The van der Waals surface area contributed by atoms with Crippen molar-refractivity contribution < 1.29 is 0 Å². The molecule has 0 amide bonds. The van der Waals surface area contributed by atoms with Crippen LogP contribution in [0.25, 0.3) is 10.8 Å². The Balaban J connectivity index is 0.000000980. The minimum absolute atomic E-state index is 0. The van der Waals surface area contributed by atoms with E-state index in [0.29, 0.717) is 0 Å². The van der Waals surface area contributed by atoms with Crippen molar-refractivity contribution >= 4 is 40.3 Å². The van der Waals surface area contributed by atoms with Gasteiger partial charge in [0.15, 0.2) is 0 Å². The van der Waals surface area contributed by atoms with E-state index in [1.165, 1.54) is 16.3 Å². The van der Waals surface area contributed by atoms with E-state index in [1.807, 2.05) is 6.08 Å². The van der Waals surface area contributed by atoms with Crippen molar-refractivity contribution in [3.8, 4) is 0 Å². The molecule has 2 aromatic rings. The van der Waals surface area contributed by atoms with Gasteiger partial charge in [-0.2, -0.15) is 0 Å². The molecule has 0 heterocycles. The molecular weight excluding hydrogens is 179 g/mol. The zero-order valence-corrected chi connectivity index (χ0v) is 7.53. The zero-order valence-electron chi connectivity index (χ0n) is 7.53. The number of hydrogen-bond donors (Lipinski definition) is 0. The third-order valence-electron chi connectivity index (χ3n) is 2.24. The summed E-state index contributed by atoms with van der Waals surface area (Å²) in [5, 5.41) is 2.65. The van der Waals surface area contributed by atoms with Crippen LogP contribution in [0.4, 0.5) is 0 Å². The van der Waals surface area contributed by atoms with Gasteiger partial charge in [0.2, 0.25) is 0 Å². The molecule has 0 aliphatic heterocycles. The number of hydrogen-bond acceptors (Lipinski definition) is 0. The van der Waals surface area contributed by atoms with Crippen molar-refractivity contribution in [3.63, 3.8) is 0 Å². The molecule has 0 spiro atoms. The second kappa shape index (κ2) is 5.35. The predicted octanol–water partition coefficient (Wildman–Crippen LogP) is 2.92. The van der Waals surface area contributed by atoms with E-state index in [1.54, 1.807) is 0 Å². The van der Waals surface area contributed by atoms with E-state index in [0.717, 1.165) is 6.42 Å². The Morgan fingerprint density at radius 1 is 1.00 bits per heavy atom. The van der Waals surface area contributed by atoms with E-state index >= 15 is 0 Å². The summed E-state index contributed by atoms with van der Waals surface area (Å²) in [5.41, 5.74) is 1.35. The molecule has 0 aliphatic carbocycles. The van der Waals surface area contributed by atoms with Crippen molar-refractivity contribution in [3.05, 3.63) is 60.7 Å². The van der Waals surface area contributed by atoms with E-state index in [2.05, 4.69) is 49.0 Å². The van der Waals surface area contributed by atoms with Crippen LogP contribution >= 0.6 is 0 Å². The average molecular weight is 192 g/mol. The molecule has 0 unspecified atom stereocenters. The molecule has 0 nitrogen and oxygen atoms in total. The molecule has 14 heavy (non-hydrogen) atoms. The van der Waals surface area contributed by atoms with Crippen LogP contribution in [0.15, 0.2) is 55.1 Å². The fourth-order valence-corrected chi connectivity index (χ4v) is 1.63. The van der Waals surface area contributed by atoms with Crippen LogP contribution in [-0.2, 0) is 6.42 Å². The van der Waals surface area contributed by atoms with Crippen molar-refractivity contribution in [2.24, 2.45) is 0 Å². The number of allylic oxidation sites excluding steroid dienone is 1. The number of fused-ring (bicyclic) bond motifs is 1. The van der Waals surface area contributed by atoms with Crippen LogP contribution in [0.3, 0.4) is 0 Å². The standard InChI is InChI=1S/C13H12.Na.H/c1-2-6-11-8-5-9-12-7-3-4-10-13(11)12;;/h2-5,7-10H,1,6H2;;. The van der Waals surface area contributed by atoms with Gasteiger partial charge < -0.3 is 0 Å². The van der Waals surface area contributed by atoms with Crippen LogP contribution in [0.1, 0.15) is 5.56 Å². The molecule has 2 rings (SSSR count). The Morgan fingerprint density at radius 2 is 1.71 bits per heavy atom. The quantitative estimate of drug-likeness (QED) is 0.507. The molecule has 0 fully saturated rings. The van der Waals surface area contributed by atoms with Gasteiger partial charge in [0, 0.05) is 0 Å². The molecule has 0 saturated heterocycles. The van der Waals surface area contributed by atoms with Crippen LogP contribution in [0.2, 0.25) is 0 Å². The van der Waals surface area contributed by atoms with Crippen LogP contribution in [0.5, 0.6) is 0 Å². The fraction of sp³-hybridized carbons (Fsp3) is 0.0769. The number of rotatable bonds is 2. The molecule has 1 heteroatoms. The Kier molecular flexibility index (Phi) is 4.40. The third kappa shape index (κ3) is 2.27. The minimum atomic E-state index is 0. The Bertz CT molecular complexity index is 427. The van der Waals surface area contributed by atoms with Gasteiger partial charge in [-0.25, -0.2) is 0 Å². The Hall–Kier alpha value is -0.560. The monoisotopic (exact) mass is 192 g/mol. The second-order valence-corrected chi connectivity index (χ2v) is 3.13. The predicted molar refractivity (Wildman–Crippen MR) is 65.0 cm³/mol. The van der Waals surface area contributed by atoms with Gasteiger partial charge >= 0.3 is 29.6 Å². The van der Waals surface area contributed by atoms with Gasteiger partial charge in [-0.1, -0.05) is 48.5 Å². The summed E-state index contributed by atoms with van der Waals surface area (Å²) in [6, 6.07) is 14.8. The maximum atomic E-state index is 3.76. The van der Waals surface area contributed by atoms with Gasteiger partial charge in [-0.3, -0.25) is 0 Å². The molecule has 0 radical (unpaired) electrons. The molecular formula is C13H13Na. The summed E-state index contributed by atoms with van der Waals surface area (Å²) in [4.78, 5) is 0. The molecule has 0 saturated carbocycles. The van der Waals surface area contributed by atoms with E-state index in [4.69, 9.17) is 0 Å². The molecule has 0 N–H and O–H groups in total. The van der Waals surface area contributed by atoms with Crippen molar-refractivity contribution in [2.75, 3.05) is 0 Å². The van der Waals surface area contributed by atoms with E-state index in [9.17, 15) is 0 Å². The SMILES string of the molecule is C=CCc1cccc2ccccc12.[NaH]. The summed E-state index contributed by atoms with van der Waals surface area (Å²) in [5.74, 6) is 0. The molecule has 0 aliphatic rings. The molecule has 0 atom stereocenters. The van der Waals surface area contributed by atoms with Crippen LogP contribution in [-0.4, -0.2) is 29.6 Å². The third-order valence-corrected chi connectivity index (χ3v) is 2.24. The van der Waals surface area contributed by atoms with Gasteiger partial charge in [-0.05, 0) is 22.8 Å². The van der Waals surface area contributed by atoms with Crippen molar-refractivity contribution in [2.45, 2.75) is 6.42 Å². The molecule has 66 valence electrons. The fourth-order valence-electron chi connectivity index (χ4n) is 1.63. The van der Waals surface area contributed by atoms with Gasteiger partial charge in [0.25, 0.3) is 0 Å². The molecule has 0 bridgehead atoms. The molecule has 0 aromatic heterocycles.